The van der Waals surface area contributed by atoms with Gasteiger partial charge in [-0.15, -0.1) is 11.6 Å². The van der Waals surface area contributed by atoms with Crippen molar-refractivity contribution >= 4 is 45.2 Å². The standard InChI is InChI=1S/C12H14ClIN2/c1-8(2)16-11-4-3-9(14)7-10(11)15-12(16)5-6-13/h3-4,7-8H,5-6H2,1-2H3. The van der Waals surface area contributed by atoms with Gasteiger partial charge in [0.05, 0.1) is 11.0 Å². The Bertz CT molecular complexity index is 505. The van der Waals surface area contributed by atoms with Crippen LogP contribution in [0.3, 0.4) is 0 Å². The number of rotatable bonds is 3. The van der Waals surface area contributed by atoms with Gasteiger partial charge in [0.2, 0.25) is 0 Å². The van der Waals surface area contributed by atoms with E-state index in [4.69, 9.17) is 11.6 Å². The number of hydrogen-bond acceptors (Lipinski definition) is 1. The van der Waals surface area contributed by atoms with Gasteiger partial charge in [0.15, 0.2) is 0 Å². The predicted octanol–water partition coefficient (Wildman–Crippen LogP) is 4.00. The lowest BCUT2D eigenvalue weighted by Gasteiger charge is -2.12. The van der Waals surface area contributed by atoms with Gasteiger partial charge in [-0.2, -0.15) is 0 Å². The van der Waals surface area contributed by atoms with E-state index in [1.807, 2.05) is 0 Å². The van der Waals surface area contributed by atoms with Gasteiger partial charge in [-0.25, -0.2) is 4.98 Å². The average molecular weight is 349 g/mol. The zero-order valence-electron chi connectivity index (χ0n) is 9.37. The smallest absolute Gasteiger partial charge is 0.111 e. The van der Waals surface area contributed by atoms with E-state index in [0.717, 1.165) is 17.8 Å². The number of benzene rings is 1. The summed E-state index contributed by atoms with van der Waals surface area (Å²) in [5.74, 6) is 1.70. The maximum absolute atomic E-state index is 5.82. The van der Waals surface area contributed by atoms with Gasteiger partial charge in [0.25, 0.3) is 0 Å². The maximum atomic E-state index is 5.82. The first-order chi connectivity index (χ1) is 7.63. The lowest BCUT2D eigenvalue weighted by Crippen LogP contribution is -2.06. The van der Waals surface area contributed by atoms with Crippen LogP contribution < -0.4 is 0 Å². The summed E-state index contributed by atoms with van der Waals surface area (Å²) in [4.78, 5) is 4.66. The second kappa shape index (κ2) is 4.92. The summed E-state index contributed by atoms with van der Waals surface area (Å²) >= 11 is 8.13. The molecule has 0 N–H and O–H groups in total. The van der Waals surface area contributed by atoms with Crippen molar-refractivity contribution in [2.45, 2.75) is 26.3 Å². The van der Waals surface area contributed by atoms with E-state index in [-0.39, 0.29) is 0 Å². The molecule has 0 radical (unpaired) electrons. The molecular formula is C12H14ClIN2. The van der Waals surface area contributed by atoms with Crippen LogP contribution in [0.1, 0.15) is 25.7 Å². The quantitative estimate of drug-likeness (QED) is 0.605. The van der Waals surface area contributed by atoms with Crippen molar-refractivity contribution < 1.29 is 0 Å². The number of alkyl halides is 1. The van der Waals surface area contributed by atoms with Crippen molar-refractivity contribution in [1.82, 2.24) is 9.55 Å². The second-order valence-electron chi connectivity index (χ2n) is 4.06. The summed E-state index contributed by atoms with van der Waals surface area (Å²) in [5, 5.41) is 0. The topological polar surface area (TPSA) is 17.8 Å². The van der Waals surface area contributed by atoms with Gasteiger partial charge in [-0.05, 0) is 54.6 Å². The Kier molecular flexibility index (Phi) is 3.74. The van der Waals surface area contributed by atoms with E-state index in [1.165, 1.54) is 9.09 Å². The van der Waals surface area contributed by atoms with Crippen LogP contribution in [0, 0.1) is 3.57 Å². The minimum absolute atomic E-state index is 0.420. The Morgan fingerprint density at radius 2 is 2.19 bits per heavy atom. The van der Waals surface area contributed by atoms with Crippen LogP contribution >= 0.6 is 34.2 Å². The molecule has 0 aliphatic rings. The first-order valence-corrected chi connectivity index (χ1v) is 6.97. The molecule has 16 heavy (non-hydrogen) atoms. The summed E-state index contributed by atoms with van der Waals surface area (Å²) < 4.78 is 3.49. The van der Waals surface area contributed by atoms with Crippen LogP contribution in [-0.2, 0) is 6.42 Å². The van der Waals surface area contributed by atoms with Crippen LogP contribution in [0.25, 0.3) is 11.0 Å². The Hall–Kier alpha value is -0.290. The summed E-state index contributed by atoms with van der Waals surface area (Å²) in [6, 6.07) is 6.80. The minimum atomic E-state index is 0.420. The summed E-state index contributed by atoms with van der Waals surface area (Å²) in [6.07, 6.45) is 0.824. The first kappa shape index (κ1) is 12.2. The third-order valence-electron chi connectivity index (χ3n) is 2.56. The highest BCUT2D eigenvalue weighted by molar-refractivity contribution is 14.1. The molecule has 2 aromatic rings. The van der Waals surface area contributed by atoms with Crippen LogP contribution in [-0.4, -0.2) is 15.4 Å². The fourth-order valence-electron chi connectivity index (χ4n) is 1.96. The second-order valence-corrected chi connectivity index (χ2v) is 5.69. The summed E-state index contributed by atoms with van der Waals surface area (Å²) in [5.41, 5.74) is 2.27. The number of nitrogens with zero attached hydrogens (tertiary/aromatic N) is 2. The van der Waals surface area contributed by atoms with Crippen molar-refractivity contribution in [1.29, 1.82) is 0 Å². The van der Waals surface area contributed by atoms with Crippen molar-refractivity contribution in [2.75, 3.05) is 5.88 Å². The van der Waals surface area contributed by atoms with E-state index in [1.54, 1.807) is 0 Å². The van der Waals surface area contributed by atoms with Gasteiger partial charge in [0, 0.05) is 21.9 Å². The Labute approximate surface area is 114 Å². The van der Waals surface area contributed by atoms with E-state index in [9.17, 15) is 0 Å². The zero-order valence-corrected chi connectivity index (χ0v) is 12.3. The Morgan fingerprint density at radius 1 is 1.44 bits per heavy atom. The number of aryl methyl sites for hydroxylation is 1. The van der Waals surface area contributed by atoms with Crippen LogP contribution in [0.4, 0.5) is 0 Å². The summed E-state index contributed by atoms with van der Waals surface area (Å²) in [6.45, 7) is 4.35. The molecule has 1 heterocycles. The molecule has 0 saturated heterocycles. The van der Waals surface area contributed by atoms with Gasteiger partial charge < -0.3 is 4.57 Å². The molecule has 0 atom stereocenters. The number of hydrogen-bond donors (Lipinski definition) is 0. The third-order valence-corrected chi connectivity index (χ3v) is 3.42. The van der Waals surface area contributed by atoms with E-state index < -0.39 is 0 Å². The van der Waals surface area contributed by atoms with Crippen LogP contribution in [0.15, 0.2) is 18.2 Å². The largest absolute Gasteiger partial charge is 0.325 e. The Balaban J connectivity index is 2.65. The zero-order chi connectivity index (χ0) is 11.7. The SMILES string of the molecule is CC(C)n1c(CCCl)nc2cc(I)ccc21. The van der Waals surface area contributed by atoms with E-state index in [0.29, 0.717) is 11.9 Å². The number of fused-ring (bicyclic) bond motifs is 1. The van der Waals surface area contributed by atoms with E-state index in [2.05, 4.69) is 64.2 Å². The van der Waals surface area contributed by atoms with Crippen molar-refractivity contribution in [3.63, 3.8) is 0 Å². The highest BCUT2D eigenvalue weighted by Gasteiger charge is 2.12. The third kappa shape index (κ3) is 2.20. The molecule has 0 unspecified atom stereocenters. The van der Waals surface area contributed by atoms with Gasteiger partial charge in [-0.1, -0.05) is 0 Å². The lowest BCUT2D eigenvalue weighted by atomic mass is 10.3. The maximum Gasteiger partial charge on any atom is 0.111 e. The normalized spacial score (nSPS) is 11.6. The summed E-state index contributed by atoms with van der Waals surface area (Å²) in [7, 11) is 0. The highest BCUT2D eigenvalue weighted by Crippen LogP contribution is 2.23. The molecule has 0 amide bonds. The van der Waals surface area contributed by atoms with Gasteiger partial charge in [-0.3, -0.25) is 0 Å². The molecule has 4 heteroatoms. The molecule has 1 aromatic heterocycles. The molecular weight excluding hydrogens is 335 g/mol. The molecule has 2 nitrogen and oxygen atoms in total. The van der Waals surface area contributed by atoms with Crippen LogP contribution in [0.5, 0.6) is 0 Å². The molecule has 0 bridgehead atoms. The monoisotopic (exact) mass is 348 g/mol. The average Bonchev–Trinajstić information content (AvgIpc) is 2.55. The molecule has 86 valence electrons. The van der Waals surface area contributed by atoms with Crippen molar-refractivity contribution in [3.8, 4) is 0 Å². The lowest BCUT2D eigenvalue weighted by molar-refractivity contribution is 0.588. The van der Waals surface area contributed by atoms with Crippen LogP contribution in [0.2, 0.25) is 0 Å². The van der Waals surface area contributed by atoms with Gasteiger partial charge >= 0.3 is 0 Å². The Morgan fingerprint density at radius 3 is 2.81 bits per heavy atom. The van der Waals surface area contributed by atoms with Crippen molar-refractivity contribution in [3.05, 3.63) is 27.6 Å². The molecule has 0 spiro atoms. The molecule has 0 aliphatic carbocycles. The predicted molar refractivity (Wildman–Crippen MR) is 77.3 cm³/mol. The number of aromatic nitrogens is 2. The number of imidazole rings is 1. The molecule has 0 fully saturated rings. The molecule has 0 aliphatic heterocycles. The minimum Gasteiger partial charge on any atom is -0.325 e. The highest BCUT2D eigenvalue weighted by atomic mass is 127. The fourth-order valence-corrected chi connectivity index (χ4v) is 2.60. The van der Waals surface area contributed by atoms with Gasteiger partial charge in [0.1, 0.15) is 5.82 Å². The molecule has 1 aromatic carbocycles. The number of halogens is 2. The van der Waals surface area contributed by atoms with Crippen molar-refractivity contribution in [2.24, 2.45) is 0 Å². The van der Waals surface area contributed by atoms with E-state index >= 15 is 0 Å². The first-order valence-electron chi connectivity index (χ1n) is 5.36. The fraction of sp³-hybridized carbons (Fsp3) is 0.417. The molecule has 2 rings (SSSR count). The molecule has 0 saturated carbocycles.